The van der Waals surface area contributed by atoms with Gasteiger partial charge in [-0.15, -0.1) is 0 Å². The van der Waals surface area contributed by atoms with Crippen molar-refractivity contribution < 1.29 is 23.1 Å². The number of rotatable bonds is 7. The van der Waals surface area contributed by atoms with E-state index in [2.05, 4.69) is 15.1 Å². The van der Waals surface area contributed by atoms with Crippen LogP contribution in [0.15, 0.2) is 35.6 Å². The first-order valence-electron chi connectivity index (χ1n) is 10.9. The molecule has 2 heterocycles. The molecule has 0 aliphatic heterocycles. The molecule has 176 valence electrons. The Balaban J connectivity index is 1.73. The van der Waals surface area contributed by atoms with E-state index in [9.17, 15) is 23.1 Å². The molecule has 0 spiro atoms. The number of aromatic nitrogens is 3. The van der Waals surface area contributed by atoms with Crippen molar-refractivity contribution in [2.24, 2.45) is 4.99 Å². The Bertz CT molecular complexity index is 1200. The van der Waals surface area contributed by atoms with Crippen molar-refractivity contribution in [3.63, 3.8) is 0 Å². The number of hydrogen-bond donors (Lipinski definition) is 2. The molecule has 1 aromatic carbocycles. The highest BCUT2D eigenvalue weighted by molar-refractivity contribution is 6.14. The number of amides is 1. The maximum Gasteiger partial charge on any atom is 0.406 e. The lowest BCUT2D eigenvalue weighted by Crippen LogP contribution is -2.40. The number of nitrogens with one attached hydrogen (secondary N) is 1. The number of aromatic amines is 1. The highest BCUT2D eigenvalue weighted by atomic mass is 19.4. The molecule has 1 saturated carbocycles. The number of carbonyl (C=O) groups is 1. The molecule has 3 aromatic rings. The van der Waals surface area contributed by atoms with Crippen LogP contribution in [-0.4, -0.2) is 55.2 Å². The SMILES string of the molecule is CCC(=Nc1cnn(C(C)C)c1)c1c(O)[nH]c2ccc(C(=O)N(CC(F)(F)F)C3CC3)cc12. The number of fused-ring (bicyclic) bond motifs is 1. The van der Waals surface area contributed by atoms with Gasteiger partial charge in [-0.3, -0.25) is 9.48 Å². The van der Waals surface area contributed by atoms with Gasteiger partial charge in [0.15, 0.2) is 5.88 Å². The van der Waals surface area contributed by atoms with E-state index in [1.807, 2.05) is 20.8 Å². The lowest BCUT2D eigenvalue weighted by molar-refractivity contribution is -0.141. The second-order valence-electron chi connectivity index (χ2n) is 8.57. The molecule has 0 atom stereocenters. The van der Waals surface area contributed by atoms with Crippen molar-refractivity contribution in [2.75, 3.05) is 6.54 Å². The molecule has 33 heavy (non-hydrogen) atoms. The number of carbonyl (C=O) groups excluding carboxylic acids is 1. The molecular formula is C23H26F3N5O2. The van der Waals surface area contributed by atoms with Crippen LogP contribution in [0.3, 0.4) is 0 Å². The largest absolute Gasteiger partial charge is 0.494 e. The topological polar surface area (TPSA) is 86.5 Å². The molecule has 1 fully saturated rings. The van der Waals surface area contributed by atoms with Crippen molar-refractivity contribution in [2.45, 2.75) is 58.3 Å². The van der Waals surface area contributed by atoms with E-state index in [1.165, 1.54) is 12.1 Å². The molecule has 1 amide bonds. The smallest absolute Gasteiger partial charge is 0.406 e. The van der Waals surface area contributed by atoms with E-state index in [1.54, 1.807) is 23.1 Å². The minimum atomic E-state index is -4.47. The summed E-state index contributed by atoms with van der Waals surface area (Å²) in [6, 6.07) is 4.37. The van der Waals surface area contributed by atoms with Gasteiger partial charge in [-0.2, -0.15) is 18.3 Å². The third-order valence-electron chi connectivity index (χ3n) is 5.63. The number of nitrogens with zero attached hydrogens (tertiary/aromatic N) is 4. The molecule has 0 unspecified atom stereocenters. The zero-order valence-electron chi connectivity index (χ0n) is 18.6. The van der Waals surface area contributed by atoms with Crippen LogP contribution in [0.1, 0.15) is 62.0 Å². The summed E-state index contributed by atoms with van der Waals surface area (Å²) in [7, 11) is 0. The van der Waals surface area contributed by atoms with Crippen LogP contribution < -0.4 is 0 Å². The van der Waals surface area contributed by atoms with Crippen LogP contribution in [0.4, 0.5) is 18.9 Å². The van der Waals surface area contributed by atoms with E-state index in [4.69, 9.17) is 0 Å². The number of H-pyrrole nitrogens is 1. The van der Waals surface area contributed by atoms with E-state index < -0.39 is 18.6 Å². The second-order valence-corrected chi connectivity index (χ2v) is 8.57. The van der Waals surface area contributed by atoms with Crippen molar-refractivity contribution >= 4 is 28.2 Å². The second kappa shape index (κ2) is 8.57. The Labute approximate surface area is 188 Å². The van der Waals surface area contributed by atoms with Gasteiger partial charge in [0, 0.05) is 28.6 Å². The monoisotopic (exact) mass is 461 g/mol. The van der Waals surface area contributed by atoms with Crippen LogP contribution in [0, 0.1) is 0 Å². The van der Waals surface area contributed by atoms with Gasteiger partial charge in [-0.1, -0.05) is 6.92 Å². The minimum Gasteiger partial charge on any atom is -0.494 e. The summed E-state index contributed by atoms with van der Waals surface area (Å²) in [4.78, 5) is 21.4. The summed E-state index contributed by atoms with van der Waals surface area (Å²) in [6.45, 7) is 4.60. The summed E-state index contributed by atoms with van der Waals surface area (Å²) in [5.41, 5.74) is 2.31. The number of halogens is 3. The summed E-state index contributed by atoms with van der Waals surface area (Å²) in [5.74, 6) is -0.780. The van der Waals surface area contributed by atoms with Crippen molar-refractivity contribution in [1.29, 1.82) is 0 Å². The number of aliphatic imine (C=N–C) groups is 1. The Morgan fingerprint density at radius 1 is 1.36 bits per heavy atom. The van der Waals surface area contributed by atoms with Gasteiger partial charge < -0.3 is 15.0 Å². The molecule has 2 N–H and O–H groups in total. The van der Waals surface area contributed by atoms with Gasteiger partial charge in [0.25, 0.3) is 5.91 Å². The Kier molecular flexibility index (Phi) is 5.94. The minimum absolute atomic E-state index is 0.110. The van der Waals surface area contributed by atoms with Gasteiger partial charge >= 0.3 is 6.18 Å². The fraction of sp³-hybridized carbons (Fsp3) is 0.435. The average molecular weight is 461 g/mol. The van der Waals surface area contributed by atoms with Crippen molar-refractivity contribution in [3.8, 4) is 5.88 Å². The van der Waals surface area contributed by atoms with Gasteiger partial charge in [0.05, 0.1) is 23.7 Å². The molecule has 0 saturated heterocycles. The van der Waals surface area contributed by atoms with Gasteiger partial charge in [-0.25, -0.2) is 4.99 Å². The Morgan fingerprint density at radius 2 is 2.09 bits per heavy atom. The predicted octanol–water partition coefficient (Wildman–Crippen LogP) is 5.35. The van der Waals surface area contributed by atoms with Crippen molar-refractivity contribution in [3.05, 3.63) is 41.7 Å². The van der Waals surface area contributed by atoms with Crippen LogP contribution in [0.25, 0.3) is 10.9 Å². The molecule has 1 aliphatic carbocycles. The average Bonchev–Trinajstić information content (AvgIpc) is 3.39. The quantitative estimate of drug-likeness (QED) is 0.465. The molecule has 4 rings (SSSR count). The van der Waals surface area contributed by atoms with Gasteiger partial charge in [-0.05, 0) is 51.3 Å². The summed E-state index contributed by atoms with van der Waals surface area (Å²) in [5, 5.41) is 15.4. The molecule has 0 radical (unpaired) electrons. The third kappa shape index (κ3) is 4.89. The zero-order valence-corrected chi connectivity index (χ0v) is 18.6. The number of hydrogen-bond acceptors (Lipinski definition) is 4. The lowest BCUT2D eigenvalue weighted by Gasteiger charge is -2.23. The van der Waals surface area contributed by atoms with E-state index >= 15 is 0 Å². The summed E-state index contributed by atoms with van der Waals surface area (Å²) < 4.78 is 40.9. The number of benzene rings is 1. The molecule has 0 bridgehead atoms. The molecule has 1 aliphatic rings. The fourth-order valence-electron chi connectivity index (χ4n) is 3.85. The first-order chi connectivity index (χ1) is 15.6. The number of aromatic hydroxyl groups is 1. The normalized spacial score (nSPS) is 14.9. The van der Waals surface area contributed by atoms with Crippen LogP contribution in [-0.2, 0) is 0 Å². The van der Waals surface area contributed by atoms with Gasteiger partial charge in [0.1, 0.15) is 12.2 Å². The lowest BCUT2D eigenvalue weighted by atomic mass is 10.0. The molecular weight excluding hydrogens is 435 g/mol. The maximum absolute atomic E-state index is 13.0. The number of alkyl halides is 3. The Morgan fingerprint density at radius 3 is 2.67 bits per heavy atom. The van der Waals surface area contributed by atoms with E-state index in [-0.39, 0.29) is 23.5 Å². The molecule has 2 aromatic heterocycles. The first-order valence-corrected chi connectivity index (χ1v) is 10.9. The van der Waals surface area contributed by atoms with Crippen LogP contribution in [0.2, 0.25) is 0 Å². The molecule has 7 nitrogen and oxygen atoms in total. The summed E-state index contributed by atoms with van der Waals surface area (Å²) >= 11 is 0. The maximum atomic E-state index is 13.0. The Hall–Kier alpha value is -3.30. The zero-order chi connectivity index (χ0) is 23.9. The van der Waals surface area contributed by atoms with Crippen LogP contribution in [0.5, 0.6) is 5.88 Å². The first kappa shape index (κ1) is 22.9. The predicted molar refractivity (Wildman–Crippen MR) is 119 cm³/mol. The highest BCUT2D eigenvalue weighted by Gasteiger charge is 2.41. The third-order valence-corrected chi connectivity index (χ3v) is 5.63. The highest BCUT2D eigenvalue weighted by Crippen LogP contribution is 2.34. The molecule has 10 heteroatoms. The van der Waals surface area contributed by atoms with E-state index in [0.29, 0.717) is 47.1 Å². The fourth-order valence-corrected chi connectivity index (χ4v) is 3.85. The van der Waals surface area contributed by atoms with E-state index in [0.717, 1.165) is 4.90 Å². The standard InChI is InChI=1S/C23H26F3N5O2/c1-4-18(28-15-10-27-31(11-15)13(2)3)20-17-9-14(5-8-19(17)29-21(20)32)22(33)30(16-6-7-16)12-23(24,25)26/h5,8-11,13,16,29,32H,4,6-7,12H2,1-3H3. The summed E-state index contributed by atoms with van der Waals surface area (Å²) in [6.07, 6.45) is 0.567. The van der Waals surface area contributed by atoms with Crippen molar-refractivity contribution in [1.82, 2.24) is 19.7 Å². The van der Waals surface area contributed by atoms with Gasteiger partial charge in [0.2, 0.25) is 0 Å². The van der Waals surface area contributed by atoms with Crippen LogP contribution >= 0.6 is 0 Å².